The molecule has 0 saturated carbocycles. The van der Waals surface area contributed by atoms with E-state index in [-0.39, 0.29) is 11.8 Å². The van der Waals surface area contributed by atoms with Crippen molar-refractivity contribution in [3.05, 3.63) is 82.7 Å². The number of hydrogen-bond acceptors (Lipinski definition) is 9. The lowest BCUT2D eigenvalue weighted by Gasteiger charge is -2.09. The summed E-state index contributed by atoms with van der Waals surface area (Å²) in [4.78, 5) is 20.5. The highest BCUT2D eigenvalue weighted by Crippen LogP contribution is 2.24. The average Bonchev–Trinajstić information content (AvgIpc) is 3.27. The van der Waals surface area contributed by atoms with Crippen molar-refractivity contribution in [2.45, 2.75) is 6.17 Å². The molecule has 1 aromatic heterocycles. The topological polar surface area (TPSA) is 148 Å². The van der Waals surface area contributed by atoms with Crippen LogP contribution < -0.4 is 22.3 Å². The van der Waals surface area contributed by atoms with Crippen molar-refractivity contribution >= 4 is 39.5 Å². The first-order chi connectivity index (χ1) is 16.0. The van der Waals surface area contributed by atoms with Gasteiger partial charge in [-0.1, -0.05) is 48.5 Å². The highest BCUT2D eigenvalue weighted by molar-refractivity contribution is 7.14. The van der Waals surface area contributed by atoms with E-state index in [0.29, 0.717) is 18.7 Å². The smallest absolute Gasteiger partial charge is 0.263 e. The summed E-state index contributed by atoms with van der Waals surface area (Å²) in [5, 5.41) is 16.1. The molecule has 4 rings (SSSR count). The Bertz CT molecular complexity index is 1120. The van der Waals surface area contributed by atoms with Crippen LogP contribution in [0.4, 0.5) is 10.7 Å². The summed E-state index contributed by atoms with van der Waals surface area (Å²) >= 11 is 1.50. The number of rotatable bonds is 6. The summed E-state index contributed by atoms with van der Waals surface area (Å²) in [5.41, 5.74) is 9.77. The molecule has 33 heavy (non-hydrogen) atoms. The van der Waals surface area contributed by atoms with Crippen LogP contribution in [0.15, 0.2) is 71.0 Å². The normalized spacial score (nSPS) is 14.6. The van der Waals surface area contributed by atoms with Crippen molar-refractivity contribution in [1.29, 1.82) is 5.41 Å². The van der Waals surface area contributed by atoms with Gasteiger partial charge in [-0.2, -0.15) is 5.90 Å². The number of nitrogens with zero attached hydrogens (tertiary/aromatic N) is 1. The maximum Gasteiger partial charge on any atom is 0.263 e. The van der Waals surface area contributed by atoms with E-state index in [2.05, 4.69) is 20.5 Å². The lowest BCUT2D eigenvalue weighted by molar-refractivity contribution is -0.117. The number of nitrogens with two attached hydrogens (primary N) is 2. The summed E-state index contributed by atoms with van der Waals surface area (Å²) in [6, 6.07) is 19.1. The predicted octanol–water partition coefficient (Wildman–Crippen LogP) is 2.78. The van der Waals surface area contributed by atoms with Crippen LogP contribution in [0.1, 0.15) is 16.7 Å². The van der Waals surface area contributed by atoms with E-state index in [1.165, 1.54) is 11.3 Å². The summed E-state index contributed by atoms with van der Waals surface area (Å²) in [7, 11) is 1.64. The van der Waals surface area contributed by atoms with Crippen LogP contribution in [-0.4, -0.2) is 43.9 Å². The van der Waals surface area contributed by atoms with Crippen LogP contribution in [0.3, 0.4) is 0 Å². The van der Waals surface area contributed by atoms with Gasteiger partial charge in [0.25, 0.3) is 5.91 Å². The number of benzodiazepines with no additional fused rings is 1. The fourth-order valence-electron chi connectivity index (χ4n) is 3.05. The van der Waals surface area contributed by atoms with E-state index in [9.17, 15) is 4.79 Å². The van der Waals surface area contributed by atoms with Crippen molar-refractivity contribution in [3.63, 3.8) is 0 Å². The number of anilines is 2. The number of methoxy groups -OCH3 is 1. The molecule has 1 aliphatic heterocycles. The van der Waals surface area contributed by atoms with Gasteiger partial charge in [0.15, 0.2) is 6.17 Å². The van der Waals surface area contributed by atoms with Gasteiger partial charge in [-0.15, -0.1) is 11.3 Å². The predicted molar refractivity (Wildman–Crippen MR) is 132 cm³/mol. The Morgan fingerprint density at radius 1 is 1.18 bits per heavy atom. The zero-order valence-corrected chi connectivity index (χ0v) is 18.9. The fourth-order valence-corrected chi connectivity index (χ4v) is 3.87. The highest BCUT2D eigenvalue weighted by atomic mass is 32.1. The number of hydrogen-bond donors (Lipinski definition) is 5. The van der Waals surface area contributed by atoms with Gasteiger partial charge >= 0.3 is 0 Å². The minimum absolute atomic E-state index is 0.0360. The Morgan fingerprint density at radius 3 is 2.64 bits per heavy atom. The molecular weight excluding hydrogens is 440 g/mol. The summed E-state index contributed by atoms with van der Waals surface area (Å²) in [6.07, 6.45) is -0.886. The molecule has 1 unspecified atom stereocenters. The standard InChI is InChI=1S/C15H13N3O.C8H13N3O2S/c16-14-15(19)17-12-9-5-4-8-11(12)13(18-14)10-6-2-1-3-7-10;1-12-4-3-11-8-6(2-5-14-8)7(9)13-10/h1-9,14H,16H2,(H,17,19);2,5,9,11H,3-4,10H2,1H3. The molecule has 172 valence electrons. The summed E-state index contributed by atoms with van der Waals surface area (Å²) in [6.45, 7) is 1.32. The Labute approximate surface area is 195 Å². The Hall–Kier alpha value is -3.57. The lowest BCUT2D eigenvalue weighted by Crippen LogP contribution is -2.33. The third-order valence-corrected chi connectivity index (χ3v) is 5.52. The van der Waals surface area contributed by atoms with Gasteiger partial charge < -0.3 is 25.9 Å². The molecule has 9 nitrogen and oxygen atoms in total. The Balaban J connectivity index is 0.000000196. The van der Waals surface area contributed by atoms with Gasteiger partial charge in [-0.25, -0.2) is 0 Å². The van der Waals surface area contributed by atoms with Crippen LogP contribution in [0, 0.1) is 5.41 Å². The van der Waals surface area contributed by atoms with Crippen LogP contribution in [-0.2, 0) is 14.4 Å². The Morgan fingerprint density at radius 2 is 1.91 bits per heavy atom. The van der Waals surface area contributed by atoms with Gasteiger partial charge in [0, 0.05) is 24.8 Å². The molecule has 3 aromatic rings. The number of carbonyl (C=O) groups excluding carboxylic acids is 1. The second-order valence-electron chi connectivity index (χ2n) is 6.85. The van der Waals surface area contributed by atoms with E-state index in [1.54, 1.807) is 13.2 Å². The van der Waals surface area contributed by atoms with Crippen LogP contribution in [0.5, 0.6) is 0 Å². The zero-order chi connectivity index (χ0) is 23.6. The van der Waals surface area contributed by atoms with E-state index in [4.69, 9.17) is 21.8 Å². The van der Waals surface area contributed by atoms with Crippen LogP contribution >= 0.6 is 11.3 Å². The van der Waals surface area contributed by atoms with Gasteiger partial charge in [0.2, 0.25) is 5.90 Å². The average molecular weight is 467 g/mol. The zero-order valence-electron chi connectivity index (χ0n) is 18.1. The molecule has 0 spiro atoms. The molecule has 0 radical (unpaired) electrons. The third kappa shape index (κ3) is 6.24. The minimum atomic E-state index is -0.886. The second kappa shape index (κ2) is 11.9. The lowest BCUT2D eigenvalue weighted by atomic mass is 10.0. The largest absolute Gasteiger partial charge is 0.391 e. The van der Waals surface area contributed by atoms with E-state index < -0.39 is 6.17 Å². The van der Waals surface area contributed by atoms with Gasteiger partial charge in [-0.3, -0.25) is 15.2 Å². The number of thiophene rings is 1. The maximum absolute atomic E-state index is 11.8. The SMILES string of the molecule is COCCNc1sccc1C(=N)ON.NC1N=C(c2ccccc2)c2ccccc2NC1=O. The van der Waals surface area contributed by atoms with Gasteiger partial charge in [0.1, 0.15) is 5.00 Å². The van der Waals surface area contributed by atoms with Crippen LogP contribution in [0.2, 0.25) is 0 Å². The second-order valence-corrected chi connectivity index (χ2v) is 7.77. The van der Waals surface area contributed by atoms with Gasteiger partial charge in [-0.05, 0) is 17.5 Å². The molecule has 1 aliphatic rings. The molecule has 2 aromatic carbocycles. The molecule has 2 heterocycles. The third-order valence-electron chi connectivity index (χ3n) is 4.64. The number of para-hydroxylation sites is 1. The van der Waals surface area contributed by atoms with E-state index in [0.717, 1.165) is 27.5 Å². The minimum Gasteiger partial charge on any atom is -0.391 e. The molecule has 0 aliphatic carbocycles. The number of ether oxygens (including phenoxy) is 1. The van der Waals surface area contributed by atoms with E-state index >= 15 is 0 Å². The number of carbonyl (C=O) groups is 1. The van der Waals surface area contributed by atoms with Crippen molar-refractivity contribution in [1.82, 2.24) is 0 Å². The first-order valence-corrected chi connectivity index (χ1v) is 11.0. The van der Waals surface area contributed by atoms with Crippen molar-refractivity contribution in [3.8, 4) is 0 Å². The van der Waals surface area contributed by atoms with Crippen molar-refractivity contribution in [2.75, 3.05) is 30.9 Å². The molecule has 1 atom stereocenters. The van der Waals surface area contributed by atoms with Gasteiger partial charge in [0.05, 0.1) is 23.6 Å². The Kier molecular flexibility index (Phi) is 8.67. The van der Waals surface area contributed by atoms with Crippen molar-refractivity contribution in [2.24, 2.45) is 16.6 Å². The fraction of sp³-hybridized carbons (Fsp3) is 0.174. The number of benzene rings is 2. The quantitative estimate of drug-likeness (QED) is 0.163. The molecule has 7 N–H and O–H groups in total. The number of amides is 1. The highest BCUT2D eigenvalue weighted by Gasteiger charge is 2.22. The molecule has 1 amide bonds. The monoisotopic (exact) mass is 466 g/mol. The first-order valence-electron chi connectivity index (χ1n) is 10.1. The molecule has 0 fully saturated rings. The number of fused-ring (bicyclic) bond motifs is 1. The summed E-state index contributed by atoms with van der Waals surface area (Å²) in [5.74, 6) is 4.59. The number of aliphatic imine (C=N–C) groups is 1. The number of nitrogens with one attached hydrogen (secondary N) is 3. The molecule has 10 heteroatoms. The maximum atomic E-state index is 11.8. The van der Waals surface area contributed by atoms with Crippen molar-refractivity contribution < 1.29 is 14.4 Å². The molecule has 0 bridgehead atoms. The summed E-state index contributed by atoms with van der Waals surface area (Å²) < 4.78 is 4.90. The molecular formula is C23H26N6O3S. The first kappa shape index (κ1) is 24.1. The van der Waals surface area contributed by atoms with E-state index in [1.807, 2.05) is 60.0 Å². The van der Waals surface area contributed by atoms with Crippen LogP contribution in [0.25, 0.3) is 0 Å². The molecule has 0 saturated heterocycles.